The Morgan fingerprint density at radius 1 is 1.32 bits per heavy atom. The molecule has 0 heterocycles. The third kappa shape index (κ3) is 5.52. The van der Waals surface area contributed by atoms with Crippen LogP contribution in [0.5, 0.6) is 0 Å². The molecule has 1 aromatic rings. The molecule has 0 aliphatic carbocycles. The lowest BCUT2D eigenvalue weighted by molar-refractivity contribution is -0.125. The number of benzene rings is 1. The van der Waals surface area contributed by atoms with Crippen molar-refractivity contribution in [3.63, 3.8) is 0 Å². The summed E-state index contributed by atoms with van der Waals surface area (Å²) in [6, 6.07) is 6.78. The first-order valence-corrected chi connectivity index (χ1v) is 6.30. The van der Waals surface area contributed by atoms with Crippen LogP contribution in [0.2, 0.25) is 0 Å². The van der Waals surface area contributed by atoms with Gasteiger partial charge in [0.05, 0.1) is 5.56 Å². The predicted molar refractivity (Wildman–Crippen MR) is 71.2 cm³/mol. The van der Waals surface area contributed by atoms with Gasteiger partial charge in [0.2, 0.25) is 5.91 Å². The summed E-state index contributed by atoms with van der Waals surface area (Å²) in [6.45, 7) is 2.99. The number of carbonyl (C=O) groups excluding carboxylic acids is 1. The van der Waals surface area contributed by atoms with Crippen LogP contribution < -0.4 is 5.32 Å². The zero-order valence-corrected chi connectivity index (χ0v) is 11.0. The molecule has 0 radical (unpaired) electrons. The highest BCUT2D eigenvalue weighted by atomic mass is 16.5. The molecule has 19 heavy (non-hydrogen) atoms. The molecular weight excluding hydrogens is 246 g/mol. The van der Waals surface area contributed by atoms with Gasteiger partial charge in [0.15, 0.2) is 0 Å². The van der Waals surface area contributed by atoms with Crippen molar-refractivity contribution in [2.24, 2.45) is 0 Å². The maximum absolute atomic E-state index is 11.4. The molecule has 0 fully saturated rings. The molecule has 1 amide bonds. The van der Waals surface area contributed by atoms with Crippen molar-refractivity contribution in [1.29, 1.82) is 0 Å². The molecule has 0 saturated heterocycles. The maximum atomic E-state index is 11.4. The molecule has 5 heteroatoms. The molecule has 0 aliphatic rings. The molecule has 0 aliphatic heterocycles. The normalized spacial score (nSPS) is 10.2. The number of ether oxygens (including phenoxy) is 1. The second kappa shape index (κ2) is 8.26. The van der Waals surface area contributed by atoms with Gasteiger partial charge >= 0.3 is 5.97 Å². The monoisotopic (exact) mass is 265 g/mol. The van der Waals surface area contributed by atoms with E-state index in [1.165, 1.54) is 0 Å². The van der Waals surface area contributed by atoms with Gasteiger partial charge in [0.1, 0.15) is 6.61 Å². The fourth-order valence-corrected chi connectivity index (χ4v) is 1.64. The average Bonchev–Trinajstić information content (AvgIpc) is 2.39. The van der Waals surface area contributed by atoms with Gasteiger partial charge in [0, 0.05) is 13.2 Å². The molecule has 1 aromatic carbocycles. The summed E-state index contributed by atoms with van der Waals surface area (Å²) < 4.78 is 5.10. The van der Waals surface area contributed by atoms with Gasteiger partial charge in [-0.2, -0.15) is 0 Å². The highest BCUT2D eigenvalue weighted by Crippen LogP contribution is 2.08. The van der Waals surface area contributed by atoms with Crippen LogP contribution in [0.3, 0.4) is 0 Å². The van der Waals surface area contributed by atoms with E-state index in [1.54, 1.807) is 24.3 Å². The summed E-state index contributed by atoms with van der Waals surface area (Å²) >= 11 is 0. The molecule has 0 bridgehead atoms. The molecule has 0 spiro atoms. The SMILES string of the molecule is CCCOCC(=O)NCCc1ccccc1C(=O)O. The van der Waals surface area contributed by atoms with Crippen molar-refractivity contribution >= 4 is 11.9 Å². The maximum Gasteiger partial charge on any atom is 0.335 e. The Balaban J connectivity index is 2.37. The van der Waals surface area contributed by atoms with Gasteiger partial charge < -0.3 is 15.2 Å². The lowest BCUT2D eigenvalue weighted by Gasteiger charge is -2.07. The largest absolute Gasteiger partial charge is 0.478 e. The van der Waals surface area contributed by atoms with E-state index in [1.807, 2.05) is 6.92 Å². The van der Waals surface area contributed by atoms with Gasteiger partial charge in [-0.3, -0.25) is 4.79 Å². The molecule has 0 aromatic heterocycles. The van der Waals surface area contributed by atoms with Crippen molar-refractivity contribution in [3.05, 3.63) is 35.4 Å². The summed E-state index contributed by atoms with van der Waals surface area (Å²) in [5.74, 6) is -1.13. The quantitative estimate of drug-likeness (QED) is 0.698. The number of carbonyl (C=O) groups is 2. The van der Waals surface area contributed by atoms with E-state index >= 15 is 0 Å². The van der Waals surface area contributed by atoms with Crippen LogP contribution in [0.15, 0.2) is 24.3 Å². The number of aromatic carboxylic acids is 1. The minimum absolute atomic E-state index is 0.0500. The van der Waals surface area contributed by atoms with Crippen LogP contribution >= 0.6 is 0 Å². The van der Waals surface area contributed by atoms with E-state index < -0.39 is 5.97 Å². The first-order valence-electron chi connectivity index (χ1n) is 6.30. The average molecular weight is 265 g/mol. The zero-order valence-electron chi connectivity index (χ0n) is 11.0. The summed E-state index contributed by atoms with van der Waals surface area (Å²) in [5.41, 5.74) is 0.990. The molecule has 1 rings (SSSR count). The number of nitrogens with one attached hydrogen (secondary N) is 1. The van der Waals surface area contributed by atoms with E-state index in [0.29, 0.717) is 25.1 Å². The van der Waals surface area contributed by atoms with Gasteiger partial charge in [-0.25, -0.2) is 4.79 Å². The molecule has 104 valence electrons. The highest BCUT2D eigenvalue weighted by molar-refractivity contribution is 5.89. The van der Waals surface area contributed by atoms with Crippen molar-refractivity contribution < 1.29 is 19.4 Å². The van der Waals surface area contributed by atoms with Crippen LogP contribution in [0.25, 0.3) is 0 Å². The van der Waals surface area contributed by atoms with Crippen LogP contribution in [-0.2, 0) is 16.0 Å². The fourth-order valence-electron chi connectivity index (χ4n) is 1.64. The third-order valence-electron chi connectivity index (χ3n) is 2.55. The first kappa shape index (κ1) is 15.2. The van der Waals surface area contributed by atoms with Gasteiger partial charge in [-0.1, -0.05) is 25.1 Å². The molecule has 0 unspecified atom stereocenters. The van der Waals surface area contributed by atoms with Crippen molar-refractivity contribution in [2.45, 2.75) is 19.8 Å². The minimum Gasteiger partial charge on any atom is -0.478 e. The fraction of sp³-hybridized carbons (Fsp3) is 0.429. The first-order chi connectivity index (χ1) is 9.15. The van der Waals surface area contributed by atoms with Crippen LogP contribution in [0.1, 0.15) is 29.3 Å². The Labute approximate surface area is 112 Å². The number of rotatable bonds is 8. The van der Waals surface area contributed by atoms with Gasteiger partial charge in [0.25, 0.3) is 0 Å². The smallest absolute Gasteiger partial charge is 0.335 e. The number of amides is 1. The number of carboxylic acids is 1. The Morgan fingerprint density at radius 3 is 2.74 bits per heavy atom. The third-order valence-corrected chi connectivity index (χ3v) is 2.55. The van der Waals surface area contributed by atoms with E-state index in [9.17, 15) is 9.59 Å². The van der Waals surface area contributed by atoms with Crippen molar-refractivity contribution in [3.8, 4) is 0 Å². The van der Waals surface area contributed by atoms with E-state index in [0.717, 1.165) is 6.42 Å². The summed E-state index contributed by atoms with van der Waals surface area (Å²) in [7, 11) is 0. The number of hydrogen-bond acceptors (Lipinski definition) is 3. The number of hydrogen-bond donors (Lipinski definition) is 2. The second-order valence-electron chi connectivity index (χ2n) is 4.11. The lowest BCUT2D eigenvalue weighted by atomic mass is 10.0. The summed E-state index contributed by atoms with van der Waals surface area (Å²) in [4.78, 5) is 22.4. The predicted octanol–water partition coefficient (Wildman–Crippen LogP) is 1.47. The van der Waals surface area contributed by atoms with Crippen molar-refractivity contribution in [2.75, 3.05) is 19.8 Å². The van der Waals surface area contributed by atoms with Crippen LogP contribution in [0.4, 0.5) is 0 Å². The van der Waals surface area contributed by atoms with Crippen molar-refractivity contribution in [1.82, 2.24) is 5.32 Å². The molecule has 5 nitrogen and oxygen atoms in total. The van der Waals surface area contributed by atoms with E-state index in [2.05, 4.69) is 5.32 Å². The molecule has 0 saturated carbocycles. The molecular formula is C14H19NO4. The molecule has 0 atom stereocenters. The van der Waals surface area contributed by atoms with Gasteiger partial charge in [-0.05, 0) is 24.5 Å². The Kier molecular flexibility index (Phi) is 6.60. The van der Waals surface area contributed by atoms with Crippen LogP contribution in [-0.4, -0.2) is 36.7 Å². The Bertz CT molecular complexity index is 431. The Hall–Kier alpha value is -1.88. The molecule has 2 N–H and O–H groups in total. The lowest BCUT2D eigenvalue weighted by Crippen LogP contribution is -2.29. The topological polar surface area (TPSA) is 75.6 Å². The summed E-state index contributed by atoms with van der Waals surface area (Å²) in [5, 5.41) is 11.7. The minimum atomic E-state index is -0.951. The standard InChI is InChI=1S/C14H19NO4/c1-2-9-19-10-13(16)15-8-7-11-5-3-4-6-12(11)14(17)18/h3-6H,2,7-10H2,1H3,(H,15,16)(H,17,18). The summed E-state index contributed by atoms with van der Waals surface area (Å²) in [6.07, 6.45) is 1.36. The highest BCUT2D eigenvalue weighted by Gasteiger charge is 2.08. The van der Waals surface area contributed by atoms with Gasteiger partial charge in [-0.15, -0.1) is 0 Å². The van der Waals surface area contributed by atoms with E-state index in [4.69, 9.17) is 9.84 Å². The Morgan fingerprint density at radius 2 is 2.05 bits per heavy atom. The zero-order chi connectivity index (χ0) is 14.1. The van der Waals surface area contributed by atoms with Crippen LogP contribution in [0, 0.1) is 0 Å². The number of carboxylic acid groups (broad SMARTS) is 1. The van der Waals surface area contributed by atoms with E-state index in [-0.39, 0.29) is 18.1 Å². The second-order valence-corrected chi connectivity index (χ2v) is 4.11.